The maximum Gasteiger partial charge on any atom is 0.119 e. The zero-order valence-electron chi connectivity index (χ0n) is 22.8. The molecule has 0 amide bonds. The molecule has 5 nitrogen and oxygen atoms in total. The lowest BCUT2D eigenvalue weighted by molar-refractivity contribution is 0.201. The second-order valence-electron chi connectivity index (χ2n) is 9.35. The molecule has 0 aliphatic heterocycles. The molecule has 0 spiro atoms. The van der Waals surface area contributed by atoms with E-state index in [1.165, 1.54) is 0 Å². The van der Waals surface area contributed by atoms with Crippen molar-refractivity contribution in [3.63, 3.8) is 0 Å². The van der Waals surface area contributed by atoms with E-state index in [9.17, 15) is 0 Å². The lowest BCUT2D eigenvalue weighted by Gasteiger charge is -2.25. The number of nitrogens with zero attached hydrogens (tertiary/aromatic N) is 1. The number of hydrogen-bond donors (Lipinski definition) is 2. The summed E-state index contributed by atoms with van der Waals surface area (Å²) in [5.74, 6) is 1.42. The summed E-state index contributed by atoms with van der Waals surface area (Å²) in [6, 6.07) is 45.0. The molecule has 0 unspecified atom stereocenters. The Hall–Kier alpha value is -4.84. The van der Waals surface area contributed by atoms with Gasteiger partial charge in [0.05, 0.1) is 13.2 Å². The lowest BCUT2D eigenvalue weighted by Crippen LogP contribution is -2.09. The van der Waals surface area contributed by atoms with Crippen LogP contribution in [0.3, 0.4) is 0 Å². The van der Waals surface area contributed by atoms with E-state index in [1.54, 1.807) is 0 Å². The second-order valence-corrected chi connectivity index (χ2v) is 9.35. The molecular weight excluding hydrogens is 510 g/mol. The van der Waals surface area contributed by atoms with Gasteiger partial charge in [0.1, 0.15) is 24.7 Å². The molecule has 5 rings (SSSR count). The Morgan fingerprint density at radius 1 is 0.512 bits per heavy atom. The molecular formula is C36H33NO4. The van der Waals surface area contributed by atoms with Gasteiger partial charge in [0.15, 0.2) is 0 Å². The summed E-state index contributed by atoms with van der Waals surface area (Å²) < 4.78 is 11.1. The molecule has 2 N–H and O–H groups in total. The molecule has 0 fully saturated rings. The average molecular weight is 544 g/mol. The van der Waals surface area contributed by atoms with Gasteiger partial charge in [-0.05, 0) is 89.0 Å². The molecule has 0 radical (unpaired) electrons. The van der Waals surface area contributed by atoms with Crippen molar-refractivity contribution in [2.45, 2.75) is 0 Å². The summed E-state index contributed by atoms with van der Waals surface area (Å²) in [7, 11) is 0. The Morgan fingerprint density at radius 2 is 0.927 bits per heavy atom. The topological polar surface area (TPSA) is 62.2 Å². The van der Waals surface area contributed by atoms with Crippen LogP contribution in [-0.4, -0.2) is 36.6 Å². The van der Waals surface area contributed by atoms with Gasteiger partial charge in [0.2, 0.25) is 0 Å². The predicted octanol–water partition coefficient (Wildman–Crippen LogP) is 7.49. The third kappa shape index (κ3) is 7.22. The standard InChI is InChI=1S/C36H33NO4/c38-23-25-40-34-19-13-29(14-20-34)36(30-15-21-35(22-16-30)41-26-24-39)27-28-11-17-33(18-12-28)37(31-7-3-1-4-8-31)32-9-5-2-6-10-32/h1-22,27,38-39H,23-26H2. The monoisotopic (exact) mass is 543 g/mol. The van der Waals surface area contributed by atoms with Crippen LogP contribution >= 0.6 is 0 Å². The van der Waals surface area contributed by atoms with Crippen molar-refractivity contribution in [2.24, 2.45) is 0 Å². The van der Waals surface area contributed by atoms with E-state index < -0.39 is 0 Å². The Balaban J connectivity index is 1.49. The van der Waals surface area contributed by atoms with Crippen LogP contribution in [0, 0.1) is 0 Å². The maximum absolute atomic E-state index is 9.08. The summed E-state index contributed by atoms with van der Waals surface area (Å²) in [5.41, 5.74) is 7.42. The quantitative estimate of drug-likeness (QED) is 0.160. The molecule has 0 atom stereocenters. The second kappa shape index (κ2) is 14.0. The minimum atomic E-state index is -0.0282. The smallest absolute Gasteiger partial charge is 0.119 e. The molecule has 0 aliphatic carbocycles. The minimum absolute atomic E-state index is 0.0282. The fraction of sp³-hybridized carbons (Fsp3) is 0.111. The number of aliphatic hydroxyl groups excluding tert-OH is 2. The van der Waals surface area contributed by atoms with E-state index in [1.807, 2.05) is 60.7 Å². The molecule has 0 aliphatic rings. The van der Waals surface area contributed by atoms with Crippen LogP contribution in [0.25, 0.3) is 11.6 Å². The zero-order valence-corrected chi connectivity index (χ0v) is 22.8. The Kier molecular flexibility index (Phi) is 9.46. The average Bonchev–Trinajstić information content (AvgIpc) is 3.04. The van der Waals surface area contributed by atoms with Gasteiger partial charge in [-0.3, -0.25) is 0 Å². The van der Waals surface area contributed by atoms with Gasteiger partial charge in [-0.15, -0.1) is 0 Å². The number of anilines is 3. The van der Waals surface area contributed by atoms with Crippen molar-refractivity contribution >= 4 is 28.7 Å². The largest absolute Gasteiger partial charge is 0.491 e. The van der Waals surface area contributed by atoms with Gasteiger partial charge in [-0.2, -0.15) is 0 Å². The normalized spacial score (nSPS) is 10.6. The first-order valence-electron chi connectivity index (χ1n) is 13.7. The van der Waals surface area contributed by atoms with Crippen LogP contribution in [0.2, 0.25) is 0 Å². The molecule has 0 saturated carbocycles. The van der Waals surface area contributed by atoms with Crippen molar-refractivity contribution < 1.29 is 19.7 Å². The van der Waals surface area contributed by atoms with Crippen molar-refractivity contribution in [1.29, 1.82) is 0 Å². The van der Waals surface area contributed by atoms with Crippen molar-refractivity contribution in [3.8, 4) is 11.5 Å². The van der Waals surface area contributed by atoms with E-state index in [-0.39, 0.29) is 26.4 Å². The maximum atomic E-state index is 9.08. The Labute approximate surface area is 241 Å². The lowest BCUT2D eigenvalue weighted by atomic mass is 9.95. The van der Waals surface area contributed by atoms with Crippen LogP contribution in [0.15, 0.2) is 133 Å². The molecule has 0 saturated heterocycles. The molecule has 0 aromatic heterocycles. The first kappa shape index (κ1) is 27.7. The predicted molar refractivity (Wildman–Crippen MR) is 166 cm³/mol. The van der Waals surface area contributed by atoms with Crippen LogP contribution in [0.5, 0.6) is 11.5 Å². The number of benzene rings is 5. The summed E-state index contributed by atoms with van der Waals surface area (Å²) >= 11 is 0. The van der Waals surface area contributed by atoms with Gasteiger partial charge in [0, 0.05) is 17.1 Å². The Morgan fingerprint density at radius 3 is 1.34 bits per heavy atom. The Bertz CT molecular complexity index is 1420. The van der Waals surface area contributed by atoms with E-state index in [4.69, 9.17) is 19.7 Å². The SMILES string of the molecule is OCCOc1ccc(C(=Cc2ccc(N(c3ccccc3)c3ccccc3)cc2)c2ccc(OCCO)cc2)cc1. The van der Waals surface area contributed by atoms with E-state index in [2.05, 4.69) is 83.8 Å². The van der Waals surface area contributed by atoms with E-state index in [0.717, 1.165) is 39.3 Å². The van der Waals surface area contributed by atoms with Gasteiger partial charge < -0.3 is 24.6 Å². The minimum Gasteiger partial charge on any atom is -0.491 e. The fourth-order valence-electron chi connectivity index (χ4n) is 4.61. The third-order valence-corrected chi connectivity index (χ3v) is 6.54. The van der Waals surface area contributed by atoms with E-state index >= 15 is 0 Å². The first-order valence-corrected chi connectivity index (χ1v) is 13.7. The number of aliphatic hydroxyl groups is 2. The van der Waals surface area contributed by atoms with Crippen molar-refractivity contribution in [3.05, 3.63) is 150 Å². The van der Waals surface area contributed by atoms with Gasteiger partial charge >= 0.3 is 0 Å². The number of hydrogen-bond acceptors (Lipinski definition) is 5. The summed E-state index contributed by atoms with van der Waals surface area (Å²) in [6.07, 6.45) is 2.17. The number of rotatable bonds is 12. The van der Waals surface area contributed by atoms with Crippen LogP contribution in [0.4, 0.5) is 17.1 Å². The van der Waals surface area contributed by atoms with Gasteiger partial charge in [-0.25, -0.2) is 0 Å². The zero-order chi connectivity index (χ0) is 28.3. The number of para-hydroxylation sites is 2. The fourth-order valence-corrected chi connectivity index (χ4v) is 4.61. The van der Waals surface area contributed by atoms with Gasteiger partial charge in [0.25, 0.3) is 0 Å². The van der Waals surface area contributed by atoms with Crippen LogP contribution in [-0.2, 0) is 0 Å². The molecule has 5 aromatic rings. The first-order chi connectivity index (χ1) is 20.2. The molecule has 5 heteroatoms. The van der Waals surface area contributed by atoms with Crippen LogP contribution < -0.4 is 14.4 Å². The molecule has 41 heavy (non-hydrogen) atoms. The van der Waals surface area contributed by atoms with E-state index in [0.29, 0.717) is 11.5 Å². The highest BCUT2D eigenvalue weighted by Crippen LogP contribution is 2.35. The van der Waals surface area contributed by atoms with Crippen molar-refractivity contribution in [2.75, 3.05) is 31.3 Å². The highest BCUT2D eigenvalue weighted by atomic mass is 16.5. The number of ether oxygens (including phenoxy) is 2. The molecule has 0 heterocycles. The summed E-state index contributed by atoms with van der Waals surface area (Å²) in [5, 5.41) is 18.2. The highest BCUT2D eigenvalue weighted by molar-refractivity contribution is 5.92. The van der Waals surface area contributed by atoms with Gasteiger partial charge in [-0.1, -0.05) is 72.8 Å². The highest BCUT2D eigenvalue weighted by Gasteiger charge is 2.12. The molecule has 0 bridgehead atoms. The summed E-state index contributed by atoms with van der Waals surface area (Å²) in [4.78, 5) is 2.24. The summed E-state index contributed by atoms with van der Waals surface area (Å²) in [6.45, 7) is 0.457. The molecule has 206 valence electrons. The van der Waals surface area contributed by atoms with Crippen molar-refractivity contribution in [1.82, 2.24) is 0 Å². The van der Waals surface area contributed by atoms with Crippen LogP contribution in [0.1, 0.15) is 16.7 Å². The third-order valence-electron chi connectivity index (χ3n) is 6.54. The molecule has 5 aromatic carbocycles.